The van der Waals surface area contributed by atoms with Crippen LogP contribution in [0.1, 0.15) is 31.9 Å². The number of hydrogen-bond donors (Lipinski definition) is 2. The van der Waals surface area contributed by atoms with Crippen LogP contribution in [0.15, 0.2) is 24.3 Å². The van der Waals surface area contributed by atoms with Gasteiger partial charge in [-0.15, -0.1) is 12.4 Å². The summed E-state index contributed by atoms with van der Waals surface area (Å²) in [5.41, 5.74) is 0.567. The molecule has 2 heterocycles. The molecule has 1 aromatic heterocycles. The first kappa shape index (κ1) is 21.8. The van der Waals surface area contributed by atoms with Crippen molar-refractivity contribution >= 4 is 35.5 Å². The highest BCUT2D eigenvalue weighted by atomic mass is 35.5. The third-order valence-corrected chi connectivity index (χ3v) is 4.55. The molecule has 1 fully saturated rings. The van der Waals surface area contributed by atoms with E-state index in [1.807, 2.05) is 13.0 Å². The lowest BCUT2D eigenvalue weighted by atomic mass is 10.2. The molecule has 8 nitrogen and oxygen atoms in total. The summed E-state index contributed by atoms with van der Waals surface area (Å²) in [6.45, 7) is 2.90. The topological polar surface area (TPSA) is 104 Å². The number of aliphatic hydroxyl groups excluding tert-OH is 1. The Labute approximate surface area is 168 Å². The number of benzene rings is 1. The minimum absolute atomic E-state index is 0. The predicted molar refractivity (Wildman–Crippen MR) is 107 cm³/mol. The van der Waals surface area contributed by atoms with E-state index in [1.165, 1.54) is 6.07 Å². The van der Waals surface area contributed by atoms with Crippen molar-refractivity contribution in [1.29, 1.82) is 0 Å². The van der Waals surface area contributed by atoms with Crippen LogP contribution >= 0.6 is 12.4 Å². The van der Waals surface area contributed by atoms with Gasteiger partial charge >= 0.3 is 5.69 Å². The van der Waals surface area contributed by atoms with Crippen LogP contribution < -0.4 is 10.2 Å². The standard InChI is InChI=1S/C18H22FN5O3.ClH/c1-2-4-12-10-17(23-8-3-5-14(23)11-25)22-18(20-12)21-13-6-7-15(19)16(9-13)24(26)27;/h6-7,9-10,14,25H,2-5,8,11H2,1H3,(H,20,21,22);1H/t14-;/m0./s1. The normalized spacial score (nSPS) is 16.0. The van der Waals surface area contributed by atoms with E-state index in [-0.39, 0.29) is 25.1 Å². The smallest absolute Gasteiger partial charge is 0.306 e. The lowest BCUT2D eigenvalue weighted by Gasteiger charge is -2.25. The van der Waals surface area contributed by atoms with Crippen LogP contribution in [0.4, 0.5) is 27.5 Å². The number of rotatable bonds is 7. The van der Waals surface area contributed by atoms with Crippen LogP contribution in [-0.4, -0.2) is 39.2 Å². The molecule has 10 heteroatoms. The maximum Gasteiger partial charge on any atom is 0.306 e. The third kappa shape index (κ3) is 4.85. The number of nitrogens with one attached hydrogen (secondary N) is 1. The largest absolute Gasteiger partial charge is 0.394 e. The number of nitrogens with zero attached hydrogens (tertiary/aromatic N) is 4. The summed E-state index contributed by atoms with van der Waals surface area (Å²) in [5, 5.41) is 23.5. The highest BCUT2D eigenvalue weighted by molar-refractivity contribution is 5.85. The first-order valence-corrected chi connectivity index (χ1v) is 8.98. The summed E-state index contributed by atoms with van der Waals surface area (Å²) in [4.78, 5) is 21.2. The van der Waals surface area contributed by atoms with Gasteiger partial charge in [0.15, 0.2) is 0 Å². The van der Waals surface area contributed by atoms with Crippen LogP contribution in [0.2, 0.25) is 0 Å². The average Bonchev–Trinajstić information content (AvgIpc) is 3.12. The lowest BCUT2D eigenvalue weighted by molar-refractivity contribution is -0.387. The van der Waals surface area contributed by atoms with E-state index in [0.29, 0.717) is 17.5 Å². The van der Waals surface area contributed by atoms with Gasteiger partial charge in [-0.2, -0.15) is 9.37 Å². The second-order valence-corrected chi connectivity index (χ2v) is 6.51. The molecule has 0 aliphatic carbocycles. The number of halogens is 2. The fourth-order valence-electron chi connectivity index (χ4n) is 3.26. The van der Waals surface area contributed by atoms with Crippen molar-refractivity contribution in [2.45, 2.75) is 38.6 Å². The Hall–Kier alpha value is -2.52. The molecule has 1 aliphatic heterocycles. The van der Waals surface area contributed by atoms with Crippen LogP contribution in [0, 0.1) is 15.9 Å². The molecule has 152 valence electrons. The molecule has 3 rings (SSSR count). The average molecular weight is 412 g/mol. The van der Waals surface area contributed by atoms with Crippen molar-refractivity contribution in [3.8, 4) is 0 Å². The number of nitro groups is 1. The number of aromatic nitrogens is 2. The number of anilines is 3. The maximum atomic E-state index is 13.5. The monoisotopic (exact) mass is 411 g/mol. The molecule has 28 heavy (non-hydrogen) atoms. The van der Waals surface area contributed by atoms with E-state index in [1.54, 1.807) is 0 Å². The first-order chi connectivity index (χ1) is 13.0. The molecule has 1 atom stereocenters. The number of aliphatic hydroxyl groups is 1. The van der Waals surface area contributed by atoms with Gasteiger partial charge in [0.05, 0.1) is 17.6 Å². The van der Waals surface area contributed by atoms with Crippen molar-refractivity contribution < 1.29 is 14.4 Å². The molecular weight excluding hydrogens is 389 g/mol. The van der Waals surface area contributed by atoms with Gasteiger partial charge < -0.3 is 15.3 Å². The Morgan fingerprint density at radius 1 is 1.39 bits per heavy atom. The van der Waals surface area contributed by atoms with Crippen LogP contribution in [0.3, 0.4) is 0 Å². The second kappa shape index (κ2) is 9.61. The van der Waals surface area contributed by atoms with Crippen molar-refractivity contribution in [3.05, 3.63) is 45.9 Å². The molecule has 1 aromatic carbocycles. The van der Waals surface area contributed by atoms with Gasteiger partial charge in [-0.1, -0.05) is 13.3 Å². The molecule has 2 aromatic rings. The summed E-state index contributed by atoms with van der Waals surface area (Å²) in [6.07, 6.45) is 3.54. The maximum absolute atomic E-state index is 13.5. The highest BCUT2D eigenvalue weighted by Gasteiger charge is 2.26. The molecule has 0 radical (unpaired) electrons. The SMILES string of the molecule is CCCc1cc(N2CCC[C@H]2CO)nc(Nc2ccc(F)c([N+](=O)[O-])c2)n1.Cl. The molecule has 2 N–H and O–H groups in total. The molecule has 0 spiro atoms. The van der Waals surface area contributed by atoms with E-state index in [9.17, 15) is 19.6 Å². The van der Waals surface area contributed by atoms with Gasteiger partial charge in [0.1, 0.15) is 5.82 Å². The van der Waals surface area contributed by atoms with E-state index in [0.717, 1.165) is 50.1 Å². The summed E-state index contributed by atoms with van der Waals surface area (Å²) in [7, 11) is 0. The third-order valence-electron chi connectivity index (χ3n) is 4.55. The molecular formula is C18H23ClFN5O3. The number of hydrogen-bond acceptors (Lipinski definition) is 7. The lowest BCUT2D eigenvalue weighted by Crippen LogP contribution is -2.33. The zero-order chi connectivity index (χ0) is 19.4. The summed E-state index contributed by atoms with van der Waals surface area (Å²) in [5.74, 6) is 0.110. The van der Waals surface area contributed by atoms with Gasteiger partial charge in [0.25, 0.3) is 0 Å². The van der Waals surface area contributed by atoms with E-state index < -0.39 is 16.4 Å². The second-order valence-electron chi connectivity index (χ2n) is 6.51. The summed E-state index contributed by atoms with van der Waals surface area (Å²) >= 11 is 0. The quantitative estimate of drug-likeness (QED) is 0.529. The fourth-order valence-corrected chi connectivity index (χ4v) is 3.26. The van der Waals surface area contributed by atoms with Crippen molar-refractivity contribution in [2.75, 3.05) is 23.4 Å². The van der Waals surface area contributed by atoms with Gasteiger partial charge in [-0.25, -0.2) is 4.98 Å². The Bertz CT molecular complexity index is 839. The van der Waals surface area contributed by atoms with E-state index in [4.69, 9.17) is 0 Å². The minimum Gasteiger partial charge on any atom is -0.394 e. The molecule has 0 saturated carbocycles. The Morgan fingerprint density at radius 2 is 2.18 bits per heavy atom. The first-order valence-electron chi connectivity index (χ1n) is 8.98. The van der Waals surface area contributed by atoms with Crippen LogP contribution in [0.5, 0.6) is 0 Å². The molecule has 0 unspecified atom stereocenters. The highest BCUT2D eigenvalue weighted by Crippen LogP contribution is 2.27. The predicted octanol–water partition coefficient (Wildman–Crippen LogP) is 3.60. The van der Waals surface area contributed by atoms with Crippen LogP contribution in [-0.2, 0) is 6.42 Å². The zero-order valence-corrected chi connectivity index (χ0v) is 16.3. The molecule has 1 aliphatic rings. The van der Waals surface area contributed by atoms with Gasteiger partial charge in [-0.3, -0.25) is 10.1 Å². The van der Waals surface area contributed by atoms with Crippen molar-refractivity contribution in [1.82, 2.24) is 9.97 Å². The van der Waals surface area contributed by atoms with Gasteiger partial charge in [-0.05, 0) is 31.4 Å². The van der Waals surface area contributed by atoms with E-state index >= 15 is 0 Å². The Morgan fingerprint density at radius 3 is 2.86 bits per heavy atom. The molecule has 0 amide bonds. The van der Waals surface area contributed by atoms with Gasteiger partial charge in [0, 0.05) is 30.1 Å². The van der Waals surface area contributed by atoms with Crippen LogP contribution in [0.25, 0.3) is 0 Å². The Kier molecular flexibility index (Phi) is 7.47. The fraction of sp³-hybridized carbons (Fsp3) is 0.444. The number of aryl methyl sites for hydroxylation is 1. The summed E-state index contributed by atoms with van der Waals surface area (Å²) in [6, 6.07) is 5.51. The summed E-state index contributed by atoms with van der Waals surface area (Å²) < 4.78 is 13.5. The molecule has 0 bridgehead atoms. The van der Waals surface area contributed by atoms with Crippen molar-refractivity contribution in [2.24, 2.45) is 0 Å². The Balaban J connectivity index is 0.00000280. The van der Waals surface area contributed by atoms with E-state index in [2.05, 4.69) is 20.2 Å². The molecule has 1 saturated heterocycles. The zero-order valence-electron chi connectivity index (χ0n) is 15.5. The number of nitro benzene ring substituents is 1. The van der Waals surface area contributed by atoms with Crippen molar-refractivity contribution in [3.63, 3.8) is 0 Å². The van der Waals surface area contributed by atoms with Gasteiger partial charge in [0.2, 0.25) is 11.8 Å². The minimum atomic E-state index is -0.894.